The predicted octanol–water partition coefficient (Wildman–Crippen LogP) is 2.37. The SMILES string of the molecule is Cc1cc(C)c(NC(=O)C(=O)NCC2CCN(c3ncccn3)CC2)c(C)c1. The van der Waals surface area contributed by atoms with Crippen molar-refractivity contribution in [2.75, 3.05) is 29.9 Å². The summed E-state index contributed by atoms with van der Waals surface area (Å²) in [5.41, 5.74) is 3.75. The highest BCUT2D eigenvalue weighted by molar-refractivity contribution is 6.39. The molecule has 2 heterocycles. The van der Waals surface area contributed by atoms with Gasteiger partial charge in [-0.05, 0) is 56.7 Å². The van der Waals surface area contributed by atoms with Crippen molar-refractivity contribution < 1.29 is 9.59 Å². The lowest BCUT2D eigenvalue weighted by Gasteiger charge is -2.31. The third-order valence-electron chi connectivity index (χ3n) is 5.12. The summed E-state index contributed by atoms with van der Waals surface area (Å²) in [7, 11) is 0. The number of carbonyl (C=O) groups is 2. The molecule has 0 radical (unpaired) electrons. The highest BCUT2D eigenvalue weighted by Crippen LogP contribution is 2.22. The van der Waals surface area contributed by atoms with Crippen LogP contribution in [0, 0.1) is 26.7 Å². The van der Waals surface area contributed by atoms with Gasteiger partial charge in [0.25, 0.3) is 0 Å². The van der Waals surface area contributed by atoms with Crippen LogP contribution >= 0.6 is 0 Å². The summed E-state index contributed by atoms with van der Waals surface area (Å²) < 4.78 is 0. The average Bonchev–Trinajstić information content (AvgIpc) is 2.69. The summed E-state index contributed by atoms with van der Waals surface area (Å²) in [6.07, 6.45) is 5.34. The summed E-state index contributed by atoms with van der Waals surface area (Å²) in [5.74, 6) is -0.119. The monoisotopic (exact) mass is 381 g/mol. The van der Waals surface area contributed by atoms with Crippen LogP contribution in [0.15, 0.2) is 30.6 Å². The van der Waals surface area contributed by atoms with Gasteiger partial charge in [-0.15, -0.1) is 0 Å². The number of benzene rings is 1. The van der Waals surface area contributed by atoms with Gasteiger partial charge in [-0.3, -0.25) is 9.59 Å². The van der Waals surface area contributed by atoms with E-state index < -0.39 is 11.8 Å². The Balaban J connectivity index is 1.46. The average molecular weight is 381 g/mol. The van der Waals surface area contributed by atoms with Gasteiger partial charge in [-0.25, -0.2) is 9.97 Å². The van der Waals surface area contributed by atoms with Gasteiger partial charge in [-0.1, -0.05) is 17.7 Å². The number of piperidine rings is 1. The van der Waals surface area contributed by atoms with Crippen LogP contribution in [0.2, 0.25) is 0 Å². The van der Waals surface area contributed by atoms with E-state index in [1.807, 2.05) is 32.9 Å². The highest BCUT2D eigenvalue weighted by Gasteiger charge is 2.23. The predicted molar refractivity (Wildman–Crippen MR) is 109 cm³/mol. The largest absolute Gasteiger partial charge is 0.348 e. The van der Waals surface area contributed by atoms with Crippen LogP contribution in [-0.2, 0) is 9.59 Å². The fourth-order valence-corrected chi connectivity index (χ4v) is 3.66. The molecule has 0 spiro atoms. The van der Waals surface area contributed by atoms with E-state index in [4.69, 9.17) is 0 Å². The fourth-order valence-electron chi connectivity index (χ4n) is 3.66. The number of hydrogen-bond donors (Lipinski definition) is 2. The van der Waals surface area contributed by atoms with Crippen molar-refractivity contribution in [1.82, 2.24) is 15.3 Å². The van der Waals surface area contributed by atoms with Crippen LogP contribution in [0.1, 0.15) is 29.5 Å². The van der Waals surface area contributed by atoms with Gasteiger partial charge in [0, 0.05) is 37.7 Å². The molecule has 28 heavy (non-hydrogen) atoms. The Bertz CT molecular complexity index is 822. The second-order valence-corrected chi connectivity index (χ2v) is 7.42. The molecule has 3 rings (SSSR count). The standard InChI is InChI=1S/C21H27N5O2/c1-14-11-15(2)18(16(3)12-14)25-20(28)19(27)24-13-17-5-9-26(10-6-17)21-22-7-4-8-23-21/h4,7-8,11-12,17H,5-6,9-10,13H2,1-3H3,(H,24,27)(H,25,28). The molecule has 1 aliphatic heterocycles. The van der Waals surface area contributed by atoms with Gasteiger partial charge in [0.15, 0.2) is 0 Å². The number of hydrogen-bond acceptors (Lipinski definition) is 5. The second-order valence-electron chi connectivity index (χ2n) is 7.42. The van der Waals surface area contributed by atoms with Crippen molar-refractivity contribution in [2.45, 2.75) is 33.6 Å². The number of nitrogens with one attached hydrogen (secondary N) is 2. The Morgan fingerprint density at radius 3 is 2.25 bits per heavy atom. The van der Waals surface area contributed by atoms with Crippen molar-refractivity contribution >= 4 is 23.5 Å². The second kappa shape index (κ2) is 8.82. The zero-order chi connectivity index (χ0) is 20.1. The number of nitrogens with zero attached hydrogens (tertiary/aromatic N) is 3. The van der Waals surface area contributed by atoms with E-state index in [1.165, 1.54) is 0 Å². The quantitative estimate of drug-likeness (QED) is 0.794. The molecule has 1 aromatic carbocycles. The molecule has 1 aliphatic rings. The van der Waals surface area contributed by atoms with Crippen LogP contribution in [-0.4, -0.2) is 41.4 Å². The Kier molecular flexibility index (Phi) is 6.23. The van der Waals surface area contributed by atoms with Crippen LogP contribution in [0.25, 0.3) is 0 Å². The minimum Gasteiger partial charge on any atom is -0.348 e. The Morgan fingerprint density at radius 1 is 1.04 bits per heavy atom. The third kappa shape index (κ3) is 4.85. The summed E-state index contributed by atoms with van der Waals surface area (Å²) in [4.78, 5) is 35.2. The molecule has 0 bridgehead atoms. The lowest BCUT2D eigenvalue weighted by Crippen LogP contribution is -2.42. The number of anilines is 2. The van der Waals surface area contributed by atoms with Gasteiger partial charge in [0.2, 0.25) is 5.95 Å². The zero-order valence-electron chi connectivity index (χ0n) is 16.7. The molecule has 1 saturated heterocycles. The molecule has 7 nitrogen and oxygen atoms in total. The van der Waals surface area contributed by atoms with Crippen molar-refractivity contribution in [2.24, 2.45) is 5.92 Å². The molecule has 1 aromatic heterocycles. The molecule has 0 aliphatic carbocycles. The molecule has 2 aromatic rings. The van der Waals surface area contributed by atoms with Gasteiger partial charge in [0.05, 0.1) is 0 Å². The smallest absolute Gasteiger partial charge is 0.313 e. The lowest BCUT2D eigenvalue weighted by atomic mass is 9.97. The van der Waals surface area contributed by atoms with Gasteiger partial charge < -0.3 is 15.5 Å². The van der Waals surface area contributed by atoms with Gasteiger partial charge in [0.1, 0.15) is 0 Å². The maximum absolute atomic E-state index is 12.3. The van der Waals surface area contributed by atoms with Crippen LogP contribution < -0.4 is 15.5 Å². The fraction of sp³-hybridized carbons (Fsp3) is 0.429. The van der Waals surface area contributed by atoms with Gasteiger partial charge in [-0.2, -0.15) is 0 Å². The summed E-state index contributed by atoms with van der Waals surface area (Å²) in [5, 5.41) is 5.52. The number of rotatable bonds is 4. The molecule has 7 heteroatoms. The maximum atomic E-state index is 12.3. The molecule has 1 fully saturated rings. The number of aryl methyl sites for hydroxylation is 3. The van der Waals surface area contributed by atoms with Crippen LogP contribution in [0.3, 0.4) is 0 Å². The first-order valence-electron chi connectivity index (χ1n) is 9.63. The first kappa shape index (κ1) is 19.8. The molecule has 2 amide bonds. The summed E-state index contributed by atoms with van der Waals surface area (Å²) >= 11 is 0. The molecule has 0 saturated carbocycles. The van der Waals surface area contributed by atoms with E-state index >= 15 is 0 Å². The first-order chi connectivity index (χ1) is 13.4. The molecule has 0 atom stereocenters. The maximum Gasteiger partial charge on any atom is 0.313 e. The Labute approximate surface area is 165 Å². The molecular formula is C21H27N5O2. The van der Waals surface area contributed by atoms with Crippen LogP contribution in [0.4, 0.5) is 11.6 Å². The minimum absolute atomic E-state index is 0.347. The van der Waals surface area contributed by atoms with Crippen molar-refractivity contribution in [1.29, 1.82) is 0 Å². The number of carbonyl (C=O) groups excluding carboxylic acids is 2. The number of amides is 2. The number of aromatic nitrogens is 2. The van der Waals surface area contributed by atoms with Gasteiger partial charge >= 0.3 is 11.8 Å². The topological polar surface area (TPSA) is 87.2 Å². The van der Waals surface area contributed by atoms with Crippen molar-refractivity contribution in [3.05, 3.63) is 47.3 Å². The molecule has 2 N–H and O–H groups in total. The van der Waals surface area contributed by atoms with E-state index in [9.17, 15) is 9.59 Å². The zero-order valence-corrected chi connectivity index (χ0v) is 16.7. The Hall–Kier alpha value is -2.96. The minimum atomic E-state index is -0.620. The Morgan fingerprint density at radius 2 is 1.64 bits per heavy atom. The van der Waals surface area contributed by atoms with Crippen LogP contribution in [0.5, 0.6) is 0 Å². The molecule has 148 valence electrons. The molecule has 0 unspecified atom stereocenters. The highest BCUT2D eigenvalue weighted by atomic mass is 16.2. The van der Waals surface area contributed by atoms with E-state index in [0.717, 1.165) is 48.6 Å². The first-order valence-corrected chi connectivity index (χ1v) is 9.63. The molecular weight excluding hydrogens is 354 g/mol. The van der Waals surface area contributed by atoms with E-state index in [0.29, 0.717) is 18.2 Å². The normalized spacial score (nSPS) is 14.6. The third-order valence-corrected chi connectivity index (χ3v) is 5.12. The van der Waals surface area contributed by atoms with Crippen molar-refractivity contribution in [3.63, 3.8) is 0 Å². The van der Waals surface area contributed by atoms with E-state index in [1.54, 1.807) is 18.5 Å². The lowest BCUT2D eigenvalue weighted by molar-refractivity contribution is -0.136. The van der Waals surface area contributed by atoms with E-state index in [-0.39, 0.29) is 0 Å². The van der Waals surface area contributed by atoms with Crippen molar-refractivity contribution in [3.8, 4) is 0 Å². The van der Waals surface area contributed by atoms with E-state index in [2.05, 4.69) is 25.5 Å². The summed E-state index contributed by atoms with van der Waals surface area (Å²) in [6.45, 7) is 8.06. The summed E-state index contributed by atoms with van der Waals surface area (Å²) in [6, 6.07) is 5.78.